The van der Waals surface area contributed by atoms with E-state index in [1.807, 2.05) is 24.3 Å². The fraction of sp³-hybridized carbons (Fsp3) is 0.455. The third-order valence-electron chi connectivity index (χ3n) is 2.17. The van der Waals surface area contributed by atoms with Crippen molar-refractivity contribution < 1.29 is 9.94 Å². The van der Waals surface area contributed by atoms with Crippen molar-refractivity contribution in [3.8, 4) is 0 Å². The quantitative estimate of drug-likeness (QED) is 0.713. The van der Waals surface area contributed by atoms with Crippen molar-refractivity contribution in [2.24, 2.45) is 5.90 Å². The van der Waals surface area contributed by atoms with Crippen LogP contribution in [-0.4, -0.2) is 11.7 Å². The predicted octanol–water partition coefficient (Wildman–Crippen LogP) is 1.35. The second-order valence-electron chi connectivity index (χ2n) is 3.84. The highest BCUT2D eigenvalue weighted by Gasteiger charge is 2.18. The predicted molar refractivity (Wildman–Crippen MR) is 55.5 cm³/mol. The van der Waals surface area contributed by atoms with Crippen molar-refractivity contribution in [3.05, 3.63) is 35.4 Å². The summed E-state index contributed by atoms with van der Waals surface area (Å²) in [5.41, 5.74) is 1.19. The van der Waals surface area contributed by atoms with Crippen molar-refractivity contribution in [2.45, 2.75) is 25.9 Å². The summed E-state index contributed by atoms with van der Waals surface area (Å²) in [5, 5.41) is 9.90. The van der Waals surface area contributed by atoms with Gasteiger partial charge in [0, 0.05) is 0 Å². The van der Waals surface area contributed by atoms with Crippen LogP contribution in [0.25, 0.3) is 0 Å². The Labute approximate surface area is 84.5 Å². The molecule has 3 heteroatoms. The van der Waals surface area contributed by atoms with Crippen LogP contribution < -0.4 is 5.90 Å². The molecule has 0 fully saturated rings. The zero-order valence-corrected chi connectivity index (χ0v) is 8.66. The van der Waals surface area contributed by atoms with Crippen LogP contribution in [-0.2, 0) is 16.9 Å². The molecule has 0 amide bonds. The van der Waals surface area contributed by atoms with Gasteiger partial charge in [-0.25, -0.2) is 5.90 Å². The van der Waals surface area contributed by atoms with E-state index >= 15 is 0 Å². The number of nitrogens with two attached hydrogens (primary N) is 1. The fourth-order valence-corrected chi connectivity index (χ4v) is 1.50. The Bertz CT molecular complexity index is 292. The second-order valence-corrected chi connectivity index (χ2v) is 3.84. The van der Waals surface area contributed by atoms with Gasteiger partial charge in [-0.05, 0) is 31.4 Å². The first kappa shape index (κ1) is 11.2. The molecule has 0 saturated heterocycles. The number of rotatable bonds is 4. The third-order valence-corrected chi connectivity index (χ3v) is 2.17. The van der Waals surface area contributed by atoms with E-state index in [-0.39, 0.29) is 0 Å². The first-order valence-electron chi connectivity index (χ1n) is 4.68. The summed E-state index contributed by atoms with van der Waals surface area (Å²) in [7, 11) is 0. The molecule has 78 valence electrons. The van der Waals surface area contributed by atoms with Crippen LogP contribution in [0.5, 0.6) is 0 Å². The van der Waals surface area contributed by atoms with Gasteiger partial charge >= 0.3 is 0 Å². The van der Waals surface area contributed by atoms with Crippen LogP contribution in [0.3, 0.4) is 0 Å². The molecule has 0 aliphatic carbocycles. The van der Waals surface area contributed by atoms with Gasteiger partial charge in [0.2, 0.25) is 0 Å². The Balaban J connectivity index is 2.92. The maximum absolute atomic E-state index is 9.90. The Morgan fingerprint density at radius 3 is 2.57 bits per heavy atom. The molecule has 0 unspecified atom stereocenters. The van der Waals surface area contributed by atoms with Gasteiger partial charge in [-0.3, -0.25) is 0 Å². The van der Waals surface area contributed by atoms with Crippen molar-refractivity contribution in [2.75, 3.05) is 6.61 Å². The van der Waals surface area contributed by atoms with E-state index in [0.29, 0.717) is 6.61 Å². The Morgan fingerprint density at radius 2 is 2.00 bits per heavy atom. The standard InChI is InChI=1S/C11H17NO2/c1-11(2,13)10-6-4-3-5-9(10)7-8-14-12/h3-6,13H,7-8,12H2,1-2H3. The summed E-state index contributed by atoms with van der Waals surface area (Å²) in [6.07, 6.45) is 0.719. The molecule has 0 radical (unpaired) electrons. The minimum atomic E-state index is -0.814. The van der Waals surface area contributed by atoms with Crippen LogP contribution in [0, 0.1) is 0 Å². The average Bonchev–Trinajstić information content (AvgIpc) is 2.14. The lowest BCUT2D eigenvalue weighted by atomic mass is 9.92. The normalized spacial score (nSPS) is 11.7. The lowest BCUT2D eigenvalue weighted by molar-refractivity contribution is 0.0766. The molecule has 0 saturated carbocycles. The lowest BCUT2D eigenvalue weighted by Gasteiger charge is -2.21. The van der Waals surface area contributed by atoms with Gasteiger partial charge in [0.25, 0.3) is 0 Å². The van der Waals surface area contributed by atoms with Gasteiger partial charge in [0.1, 0.15) is 0 Å². The summed E-state index contributed by atoms with van der Waals surface area (Å²) >= 11 is 0. The van der Waals surface area contributed by atoms with E-state index < -0.39 is 5.60 Å². The number of hydrogen-bond donors (Lipinski definition) is 2. The van der Waals surface area contributed by atoms with Gasteiger partial charge in [-0.1, -0.05) is 24.3 Å². The summed E-state index contributed by atoms with van der Waals surface area (Å²) < 4.78 is 0. The maximum Gasteiger partial charge on any atom is 0.0843 e. The van der Waals surface area contributed by atoms with Gasteiger partial charge in [-0.15, -0.1) is 0 Å². The summed E-state index contributed by atoms with van der Waals surface area (Å²) in [5.74, 6) is 4.97. The van der Waals surface area contributed by atoms with E-state index in [9.17, 15) is 5.11 Å². The van der Waals surface area contributed by atoms with Gasteiger partial charge < -0.3 is 9.94 Å². The third kappa shape index (κ3) is 2.80. The minimum absolute atomic E-state index is 0.465. The van der Waals surface area contributed by atoms with Crippen LogP contribution in [0.15, 0.2) is 24.3 Å². The molecule has 3 N–H and O–H groups in total. The first-order chi connectivity index (χ1) is 6.55. The van der Waals surface area contributed by atoms with E-state index in [1.165, 1.54) is 0 Å². The second kappa shape index (κ2) is 4.55. The molecule has 1 rings (SSSR count). The molecule has 0 spiro atoms. The zero-order chi connectivity index (χ0) is 10.6. The summed E-state index contributed by atoms with van der Waals surface area (Å²) in [6.45, 7) is 4.01. The minimum Gasteiger partial charge on any atom is -0.386 e. The highest BCUT2D eigenvalue weighted by Crippen LogP contribution is 2.23. The van der Waals surface area contributed by atoms with Crippen LogP contribution in [0.1, 0.15) is 25.0 Å². The smallest absolute Gasteiger partial charge is 0.0843 e. The first-order valence-corrected chi connectivity index (χ1v) is 4.68. The molecular weight excluding hydrogens is 178 g/mol. The van der Waals surface area contributed by atoms with E-state index in [1.54, 1.807) is 13.8 Å². The topological polar surface area (TPSA) is 55.5 Å². The fourth-order valence-electron chi connectivity index (χ4n) is 1.50. The molecule has 0 aromatic heterocycles. The molecule has 1 aromatic rings. The average molecular weight is 195 g/mol. The monoisotopic (exact) mass is 195 g/mol. The molecule has 0 bridgehead atoms. The molecule has 0 aliphatic rings. The Hall–Kier alpha value is -0.900. The molecule has 0 aliphatic heterocycles. The van der Waals surface area contributed by atoms with Crippen molar-refractivity contribution in [1.82, 2.24) is 0 Å². The molecular formula is C11H17NO2. The largest absolute Gasteiger partial charge is 0.386 e. The van der Waals surface area contributed by atoms with Gasteiger partial charge in [0.05, 0.1) is 12.2 Å². The summed E-state index contributed by atoms with van der Waals surface area (Å²) in [4.78, 5) is 4.53. The lowest BCUT2D eigenvalue weighted by Crippen LogP contribution is -2.19. The van der Waals surface area contributed by atoms with E-state index in [0.717, 1.165) is 17.5 Å². The molecule has 3 nitrogen and oxygen atoms in total. The van der Waals surface area contributed by atoms with Crippen LogP contribution in [0.4, 0.5) is 0 Å². The van der Waals surface area contributed by atoms with Crippen LogP contribution in [0.2, 0.25) is 0 Å². The van der Waals surface area contributed by atoms with Gasteiger partial charge in [0.15, 0.2) is 0 Å². The molecule has 14 heavy (non-hydrogen) atoms. The highest BCUT2D eigenvalue weighted by atomic mass is 16.6. The number of benzene rings is 1. The Morgan fingerprint density at radius 1 is 1.36 bits per heavy atom. The highest BCUT2D eigenvalue weighted by molar-refractivity contribution is 5.31. The summed E-state index contributed by atoms with van der Waals surface area (Å²) in [6, 6.07) is 7.76. The van der Waals surface area contributed by atoms with Crippen LogP contribution >= 0.6 is 0 Å². The molecule has 0 heterocycles. The maximum atomic E-state index is 9.90. The molecule has 0 atom stereocenters. The number of hydrogen-bond acceptors (Lipinski definition) is 3. The van der Waals surface area contributed by atoms with Crippen molar-refractivity contribution >= 4 is 0 Å². The zero-order valence-electron chi connectivity index (χ0n) is 8.66. The Kier molecular flexibility index (Phi) is 3.63. The van der Waals surface area contributed by atoms with E-state index in [2.05, 4.69) is 4.84 Å². The SMILES string of the molecule is CC(C)(O)c1ccccc1CCON. The van der Waals surface area contributed by atoms with Crippen molar-refractivity contribution in [3.63, 3.8) is 0 Å². The van der Waals surface area contributed by atoms with Gasteiger partial charge in [-0.2, -0.15) is 0 Å². The number of aliphatic hydroxyl groups is 1. The molecule has 1 aromatic carbocycles. The van der Waals surface area contributed by atoms with E-state index in [4.69, 9.17) is 5.90 Å². The van der Waals surface area contributed by atoms with Crippen molar-refractivity contribution in [1.29, 1.82) is 0 Å².